The van der Waals surface area contributed by atoms with E-state index in [9.17, 15) is 8.42 Å². The summed E-state index contributed by atoms with van der Waals surface area (Å²) in [6, 6.07) is 3.02. The van der Waals surface area contributed by atoms with Gasteiger partial charge in [-0.2, -0.15) is 0 Å². The summed E-state index contributed by atoms with van der Waals surface area (Å²) >= 11 is 5.78. The minimum absolute atomic E-state index is 0.0151. The fourth-order valence-electron chi connectivity index (χ4n) is 1.73. The summed E-state index contributed by atoms with van der Waals surface area (Å²) in [5, 5.41) is 0.0151. The lowest BCUT2D eigenvalue weighted by molar-refractivity contribution is 0.475. The largest absolute Gasteiger partial charge is 0.243 e. The van der Waals surface area contributed by atoms with Crippen LogP contribution in [0.1, 0.15) is 26.2 Å². The molecule has 2 rings (SSSR count). The zero-order valence-electron chi connectivity index (χ0n) is 9.61. The molecule has 0 radical (unpaired) electrons. The Morgan fingerprint density at radius 3 is 2.76 bits per heavy atom. The molecule has 1 saturated carbocycles. The van der Waals surface area contributed by atoms with Gasteiger partial charge < -0.3 is 0 Å². The van der Waals surface area contributed by atoms with Crippen LogP contribution in [-0.2, 0) is 10.0 Å². The molecule has 1 N–H and O–H groups in total. The van der Waals surface area contributed by atoms with Crippen molar-refractivity contribution in [3.05, 3.63) is 23.5 Å². The molecule has 1 aromatic heterocycles. The standard InChI is InChI=1S/C11H15ClN2O2S/c1-2-11(5-6-11)8-14-17(15,16)9-4-3-7-13-10(9)12/h3-4,7,14H,2,5-6,8H2,1H3. The second-order valence-electron chi connectivity index (χ2n) is 4.47. The summed E-state index contributed by atoms with van der Waals surface area (Å²) in [4.78, 5) is 3.82. The van der Waals surface area contributed by atoms with E-state index in [0.29, 0.717) is 6.54 Å². The van der Waals surface area contributed by atoms with Crippen molar-refractivity contribution in [1.29, 1.82) is 0 Å². The Labute approximate surface area is 106 Å². The molecule has 94 valence electrons. The first-order valence-electron chi connectivity index (χ1n) is 5.59. The summed E-state index contributed by atoms with van der Waals surface area (Å²) in [7, 11) is -3.54. The van der Waals surface area contributed by atoms with Gasteiger partial charge in [0, 0.05) is 12.7 Å². The average Bonchev–Trinajstić information content (AvgIpc) is 3.08. The third-order valence-corrected chi connectivity index (χ3v) is 5.20. The normalized spacial score (nSPS) is 18.0. The molecule has 1 aromatic rings. The van der Waals surface area contributed by atoms with Crippen LogP contribution in [0.3, 0.4) is 0 Å². The zero-order valence-corrected chi connectivity index (χ0v) is 11.2. The van der Waals surface area contributed by atoms with Gasteiger partial charge in [-0.05, 0) is 36.8 Å². The summed E-state index contributed by atoms with van der Waals surface area (Å²) in [6.45, 7) is 2.56. The molecule has 0 amide bonds. The smallest absolute Gasteiger partial charge is 0.243 e. The lowest BCUT2D eigenvalue weighted by atomic mass is 10.1. The van der Waals surface area contributed by atoms with E-state index in [0.717, 1.165) is 19.3 Å². The van der Waals surface area contributed by atoms with Crippen LogP contribution in [0.15, 0.2) is 23.2 Å². The molecule has 0 spiro atoms. The fourth-order valence-corrected chi connectivity index (χ4v) is 3.34. The zero-order chi connectivity index (χ0) is 12.5. The predicted octanol–water partition coefficient (Wildman–Crippen LogP) is 2.20. The SMILES string of the molecule is CCC1(CNS(=O)(=O)c2cccnc2Cl)CC1. The molecule has 1 aliphatic carbocycles. The highest BCUT2D eigenvalue weighted by Gasteiger charge is 2.41. The highest BCUT2D eigenvalue weighted by atomic mass is 35.5. The van der Waals surface area contributed by atoms with Crippen LogP contribution in [0.2, 0.25) is 5.15 Å². The van der Waals surface area contributed by atoms with Gasteiger partial charge in [0.15, 0.2) is 0 Å². The number of rotatable bonds is 5. The van der Waals surface area contributed by atoms with Crippen LogP contribution in [0, 0.1) is 5.41 Å². The van der Waals surface area contributed by atoms with Crippen molar-refractivity contribution in [3.8, 4) is 0 Å². The minimum Gasteiger partial charge on any atom is -0.243 e. The number of nitrogens with one attached hydrogen (secondary N) is 1. The number of pyridine rings is 1. The molecule has 6 heteroatoms. The van der Waals surface area contributed by atoms with Crippen molar-refractivity contribution in [2.45, 2.75) is 31.1 Å². The topological polar surface area (TPSA) is 59.1 Å². The van der Waals surface area contributed by atoms with Crippen LogP contribution in [-0.4, -0.2) is 19.9 Å². The monoisotopic (exact) mass is 274 g/mol. The molecular weight excluding hydrogens is 260 g/mol. The predicted molar refractivity (Wildman–Crippen MR) is 66.4 cm³/mol. The van der Waals surface area contributed by atoms with Gasteiger partial charge in [0.2, 0.25) is 10.0 Å². The average molecular weight is 275 g/mol. The van der Waals surface area contributed by atoms with Gasteiger partial charge in [-0.1, -0.05) is 18.5 Å². The van der Waals surface area contributed by atoms with E-state index in [1.165, 1.54) is 12.3 Å². The maximum absolute atomic E-state index is 12.0. The number of hydrogen-bond acceptors (Lipinski definition) is 3. The van der Waals surface area contributed by atoms with E-state index < -0.39 is 10.0 Å². The van der Waals surface area contributed by atoms with Gasteiger partial charge in [0.05, 0.1) is 0 Å². The molecule has 0 unspecified atom stereocenters. The molecule has 4 nitrogen and oxygen atoms in total. The Morgan fingerprint density at radius 1 is 1.53 bits per heavy atom. The number of halogens is 1. The van der Waals surface area contributed by atoms with Crippen LogP contribution >= 0.6 is 11.6 Å². The molecule has 0 saturated heterocycles. The van der Waals surface area contributed by atoms with Crippen molar-refractivity contribution in [2.24, 2.45) is 5.41 Å². The van der Waals surface area contributed by atoms with Gasteiger partial charge in [-0.3, -0.25) is 0 Å². The number of sulfonamides is 1. The van der Waals surface area contributed by atoms with E-state index in [2.05, 4.69) is 16.6 Å². The maximum atomic E-state index is 12.0. The lowest BCUT2D eigenvalue weighted by Crippen LogP contribution is -2.30. The van der Waals surface area contributed by atoms with E-state index >= 15 is 0 Å². The summed E-state index contributed by atoms with van der Waals surface area (Å²) in [5.41, 5.74) is 0.168. The van der Waals surface area contributed by atoms with Gasteiger partial charge in [0.25, 0.3) is 0 Å². The van der Waals surface area contributed by atoms with Gasteiger partial charge >= 0.3 is 0 Å². The Balaban J connectivity index is 2.12. The van der Waals surface area contributed by atoms with Crippen LogP contribution in [0.4, 0.5) is 0 Å². The molecule has 0 atom stereocenters. The van der Waals surface area contributed by atoms with Crippen molar-refractivity contribution in [1.82, 2.24) is 9.71 Å². The number of aromatic nitrogens is 1. The fraction of sp³-hybridized carbons (Fsp3) is 0.545. The van der Waals surface area contributed by atoms with Crippen molar-refractivity contribution >= 4 is 21.6 Å². The molecule has 1 fully saturated rings. The Kier molecular flexibility index (Phi) is 3.43. The molecule has 0 aromatic carbocycles. The van der Waals surface area contributed by atoms with Crippen molar-refractivity contribution < 1.29 is 8.42 Å². The third-order valence-electron chi connectivity index (χ3n) is 3.36. The summed E-state index contributed by atoms with van der Waals surface area (Å²) in [6.07, 6.45) is 4.64. The van der Waals surface area contributed by atoms with Crippen LogP contribution in [0.5, 0.6) is 0 Å². The van der Waals surface area contributed by atoms with Crippen LogP contribution < -0.4 is 4.72 Å². The molecule has 1 aliphatic rings. The number of hydrogen-bond donors (Lipinski definition) is 1. The van der Waals surface area contributed by atoms with E-state index in [1.807, 2.05) is 0 Å². The first-order chi connectivity index (χ1) is 7.99. The summed E-state index contributed by atoms with van der Waals surface area (Å²) < 4.78 is 26.6. The van der Waals surface area contributed by atoms with Crippen molar-refractivity contribution in [3.63, 3.8) is 0 Å². The molecule has 0 bridgehead atoms. The second-order valence-corrected chi connectivity index (χ2v) is 6.56. The molecular formula is C11H15ClN2O2S. The Hall–Kier alpha value is -0.650. The van der Waals surface area contributed by atoms with Gasteiger partial charge in [0.1, 0.15) is 10.0 Å². The molecule has 1 heterocycles. The molecule has 0 aliphatic heterocycles. The van der Waals surface area contributed by atoms with Crippen LogP contribution in [0.25, 0.3) is 0 Å². The van der Waals surface area contributed by atoms with Gasteiger partial charge in [-0.25, -0.2) is 18.1 Å². The first kappa shape index (κ1) is 12.8. The first-order valence-corrected chi connectivity index (χ1v) is 7.45. The quantitative estimate of drug-likeness (QED) is 0.838. The highest BCUT2D eigenvalue weighted by Crippen LogP contribution is 2.48. The highest BCUT2D eigenvalue weighted by molar-refractivity contribution is 7.89. The second kappa shape index (κ2) is 4.55. The minimum atomic E-state index is -3.54. The molecule has 17 heavy (non-hydrogen) atoms. The van der Waals surface area contributed by atoms with Gasteiger partial charge in [-0.15, -0.1) is 0 Å². The maximum Gasteiger partial charge on any atom is 0.243 e. The Bertz CT molecular complexity index is 512. The number of nitrogens with zero attached hydrogens (tertiary/aromatic N) is 1. The summed E-state index contributed by atoms with van der Waals surface area (Å²) in [5.74, 6) is 0. The van der Waals surface area contributed by atoms with E-state index in [1.54, 1.807) is 6.07 Å². The van der Waals surface area contributed by atoms with Crippen molar-refractivity contribution in [2.75, 3.05) is 6.54 Å². The Morgan fingerprint density at radius 2 is 2.24 bits per heavy atom. The van der Waals surface area contributed by atoms with E-state index in [4.69, 9.17) is 11.6 Å². The van der Waals surface area contributed by atoms with E-state index in [-0.39, 0.29) is 15.5 Å². The lowest BCUT2D eigenvalue weighted by Gasteiger charge is -2.13. The third kappa shape index (κ3) is 2.78.